The van der Waals surface area contributed by atoms with Crippen molar-refractivity contribution in [2.45, 2.75) is 143 Å². The average molecular weight is 606 g/mol. The summed E-state index contributed by atoms with van der Waals surface area (Å²) in [5.74, 6) is 0.637. The first-order valence-electron chi connectivity index (χ1n) is 15.0. The second-order valence-corrected chi connectivity index (χ2v) is 15.9. The van der Waals surface area contributed by atoms with Gasteiger partial charge >= 0.3 is 0 Å². The summed E-state index contributed by atoms with van der Waals surface area (Å²) in [6, 6.07) is 8.53. The van der Waals surface area contributed by atoms with Crippen molar-refractivity contribution < 1.29 is 27.0 Å². The summed E-state index contributed by atoms with van der Waals surface area (Å²) in [6.45, 7) is 26.0. The third-order valence-corrected chi connectivity index (χ3v) is 8.13. The number of phenolic OH excluding ortho intramolecular Hbond substituents is 2. The van der Waals surface area contributed by atoms with E-state index in [9.17, 15) is 10.2 Å². The van der Waals surface area contributed by atoms with E-state index in [1.165, 1.54) is 11.1 Å². The van der Waals surface area contributed by atoms with E-state index in [1.807, 2.05) is 12.4 Å². The van der Waals surface area contributed by atoms with Crippen LogP contribution in [0.1, 0.15) is 142 Å². The van der Waals surface area contributed by atoms with Crippen LogP contribution >= 0.6 is 0 Å². The Kier molecular flexibility index (Phi) is 10.8. The third kappa shape index (κ3) is 8.70. The van der Waals surface area contributed by atoms with Crippen LogP contribution in [0.15, 0.2) is 34.3 Å². The molecular weight excluding hydrogens is 551 g/mol. The topological polar surface area (TPSA) is 65.2 Å². The fraction of sp³-hybridized carbons (Fsp3) is 0.611. The number of hydrogen-bond acceptors (Lipinski definition) is 4. The number of benzene rings is 2. The van der Waals surface area contributed by atoms with Gasteiger partial charge in [0.05, 0.1) is 12.1 Å². The maximum absolute atomic E-state index is 11.2. The van der Waals surface area contributed by atoms with Crippen LogP contribution in [0.2, 0.25) is 0 Å². The van der Waals surface area contributed by atoms with Gasteiger partial charge in [-0.1, -0.05) is 108 Å². The molecule has 0 spiro atoms. The molecule has 0 saturated heterocycles. The largest absolute Gasteiger partial charge is 0.507 e. The van der Waals surface area contributed by atoms with Crippen molar-refractivity contribution in [3.8, 4) is 11.5 Å². The first kappa shape index (κ1) is 35.1. The van der Waals surface area contributed by atoms with Gasteiger partial charge in [0, 0.05) is 51.5 Å². The predicted molar refractivity (Wildman–Crippen MR) is 172 cm³/mol. The van der Waals surface area contributed by atoms with Crippen molar-refractivity contribution in [3.05, 3.63) is 57.6 Å². The van der Waals surface area contributed by atoms with Crippen molar-refractivity contribution >= 4 is 12.4 Å². The molecule has 4 nitrogen and oxygen atoms in total. The second kappa shape index (κ2) is 12.6. The fourth-order valence-corrected chi connectivity index (χ4v) is 5.31. The Morgan fingerprint density at radius 1 is 0.561 bits per heavy atom. The maximum Gasteiger partial charge on any atom is 0.128 e. The van der Waals surface area contributed by atoms with Crippen LogP contribution in [0.3, 0.4) is 0 Å². The third-order valence-electron chi connectivity index (χ3n) is 8.13. The summed E-state index contributed by atoms with van der Waals surface area (Å²) >= 11 is 0. The summed E-state index contributed by atoms with van der Waals surface area (Å²) in [4.78, 5) is 10.1. The molecule has 229 valence electrons. The van der Waals surface area contributed by atoms with Gasteiger partial charge in [0.25, 0.3) is 0 Å². The number of hydrogen-bond donors (Lipinski definition) is 2. The Hall–Kier alpha value is -2.11. The molecule has 0 amide bonds. The Morgan fingerprint density at radius 3 is 1.15 bits per heavy atom. The first-order valence-corrected chi connectivity index (χ1v) is 15.0. The number of rotatable bonds is 4. The molecule has 3 rings (SSSR count). The zero-order valence-electron chi connectivity index (χ0n) is 27.6. The van der Waals surface area contributed by atoms with Crippen LogP contribution in [0.25, 0.3) is 0 Å². The van der Waals surface area contributed by atoms with Crippen molar-refractivity contribution in [1.29, 1.82) is 0 Å². The van der Waals surface area contributed by atoms with E-state index >= 15 is 0 Å². The molecule has 0 bridgehead atoms. The molecule has 0 aliphatic heterocycles. The molecule has 1 saturated carbocycles. The Balaban J connectivity index is 0.00000588. The molecule has 2 N–H and O–H groups in total. The molecule has 1 radical (unpaired) electrons. The summed E-state index contributed by atoms with van der Waals surface area (Å²) in [6.07, 6.45) is 7.90. The molecule has 2 aromatic rings. The van der Waals surface area contributed by atoms with Crippen molar-refractivity contribution in [2.24, 2.45) is 9.98 Å². The minimum absolute atomic E-state index is 0. The summed E-state index contributed by atoms with van der Waals surface area (Å²) in [5.41, 5.74) is 5.39. The van der Waals surface area contributed by atoms with Gasteiger partial charge in [-0.2, -0.15) is 0 Å². The Morgan fingerprint density at radius 2 is 0.878 bits per heavy atom. The van der Waals surface area contributed by atoms with E-state index in [2.05, 4.69) is 107 Å². The normalized spacial score (nSPS) is 19.1. The molecule has 0 heterocycles. The standard InChI is InChI=1S/C36H54N2O2.Co/c1-33(2,3)25-17-23(31(39)27(19-25)35(7,8)9)21-37-29-15-13-14-16-30(29)38-22-24-18-26(34(4,5)6)20-28(32(24)40)36(10,11)12;/h17-22,29-30,39-40H,13-16H2,1-12H3;/t29-,30-;/m1./s1. The summed E-state index contributed by atoms with van der Waals surface area (Å²) in [5, 5.41) is 22.5. The van der Waals surface area contributed by atoms with Gasteiger partial charge in [-0.3, -0.25) is 9.98 Å². The van der Waals surface area contributed by atoms with Crippen molar-refractivity contribution in [2.75, 3.05) is 0 Å². The minimum Gasteiger partial charge on any atom is -0.507 e. The smallest absolute Gasteiger partial charge is 0.128 e. The van der Waals surface area contributed by atoms with E-state index in [-0.39, 0.29) is 50.5 Å². The molecule has 1 fully saturated rings. The van der Waals surface area contributed by atoms with Crippen molar-refractivity contribution in [1.82, 2.24) is 0 Å². The number of phenols is 2. The zero-order valence-corrected chi connectivity index (χ0v) is 28.6. The van der Waals surface area contributed by atoms with Crippen LogP contribution in [0.4, 0.5) is 0 Å². The van der Waals surface area contributed by atoms with Gasteiger partial charge < -0.3 is 10.2 Å². The molecule has 41 heavy (non-hydrogen) atoms. The molecule has 1 aliphatic carbocycles. The van der Waals surface area contributed by atoms with E-state index in [0.717, 1.165) is 47.9 Å². The summed E-state index contributed by atoms with van der Waals surface area (Å²) < 4.78 is 0. The molecule has 5 heteroatoms. The minimum atomic E-state index is -0.179. The number of nitrogens with zero attached hydrogens (tertiary/aromatic N) is 2. The van der Waals surface area contributed by atoms with Crippen LogP contribution < -0.4 is 0 Å². The molecule has 2 atom stereocenters. The molecule has 1 aliphatic rings. The average Bonchev–Trinajstić information content (AvgIpc) is 2.80. The van der Waals surface area contributed by atoms with Crippen LogP contribution in [0, 0.1) is 0 Å². The van der Waals surface area contributed by atoms with Crippen LogP contribution in [0.5, 0.6) is 11.5 Å². The van der Waals surface area contributed by atoms with Gasteiger partial charge in [0.1, 0.15) is 11.5 Å². The monoisotopic (exact) mass is 605 g/mol. The first-order chi connectivity index (χ1) is 18.2. The van der Waals surface area contributed by atoms with Crippen LogP contribution in [-0.4, -0.2) is 34.7 Å². The van der Waals surface area contributed by atoms with E-state index in [1.54, 1.807) is 0 Å². The molecule has 0 aromatic heterocycles. The van der Waals surface area contributed by atoms with Gasteiger partial charge in [0.2, 0.25) is 0 Å². The SMILES string of the molecule is CC(C)(C)c1cc(C=N[C@@H]2CCCC[C@H]2N=Cc2cc(C(C)(C)C)cc(C(C)(C)C)c2O)c(O)c(C(C)(C)C)c1.[Co]. The molecule has 0 unspecified atom stereocenters. The van der Waals surface area contributed by atoms with E-state index in [0.29, 0.717) is 11.5 Å². The molecular formula is C36H54CoN2O2. The summed E-state index contributed by atoms with van der Waals surface area (Å²) in [7, 11) is 0. The number of aliphatic imine (C=N–C) groups is 2. The van der Waals surface area contributed by atoms with Crippen LogP contribution in [-0.2, 0) is 38.4 Å². The van der Waals surface area contributed by atoms with Gasteiger partial charge in [0.15, 0.2) is 0 Å². The van der Waals surface area contributed by atoms with Gasteiger partial charge in [-0.05, 0) is 57.8 Å². The van der Waals surface area contributed by atoms with E-state index in [4.69, 9.17) is 9.98 Å². The zero-order chi connectivity index (χ0) is 30.3. The van der Waals surface area contributed by atoms with E-state index < -0.39 is 0 Å². The number of aromatic hydroxyl groups is 2. The van der Waals surface area contributed by atoms with Crippen molar-refractivity contribution in [3.63, 3.8) is 0 Å². The fourth-order valence-electron chi connectivity index (χ4n) is 5.31. The second-order valence-electron chi connectivity index (χ2n) is 15.9. The Labute approximate surface area is 260 Å². The van der Waals surface area contributed by atoms with Gasteiger partial charge in [-0.25, -0.2) is 0 Å². The quantitative estimate of drug-likeness (QED) is 0.342. The predicted octanol–water partition coefficient (Wildman–Crippen LogP) is 9.13. The maximum atomic E-state index is 11.2. The molecule has 2 aromatic carbocycles. The van der Waals surface area contributed by atoms with Gasteiger partial charge in [-0.15, -0.1) is 0 Å². The Bertz CT molecular complexity index is 1170.